The van der Waals surface area contributed by atoms with E-state index in [-0.39, 0.29) is 12.2 Å². The Kier molecular flexibility index (Phi) is 4.64. The summed E-state index contributed by atoms with van der Waals surface area (Å²) in [5.41, 5.74) is 1.16. The van der Waals surface area contributed by atoms with Gasteiger partial charge in [0.1, 0.15) is 5.82 Å². The lowest BCUT2D eigenvalue weighted by atomic mass is 10.2. The molecule has 0 radical (unpaired) electrons. The number of H-pyrrole nitrogens is 1. The molecule has 0 aliphatic heterocycles. The first kappa shape index (κ1) is 12.9. The molecule has 0 atom stereocenters. The topological polar surface area (TPSA) is 69.2 Å². The van der Waals surface area contributed by atoms with E-state index in [0.717, 1.165) is 13.0 Å². The van der Waals surface area contributed by atoms with Gasteiger partial charge in [-0.1, -0.05) is 0 Å². The third kappa shape index (κ3) is 3.43. The van der Waals surface area contributed by atoms with Gasteiger partial charge in [-0.05, 0) is 21.0 Å². The van der Waals surface area contributed by atoms with E-state index in [2.05, 4.69) is 9.97 Å². The molecule has 0 spiro atoms. The minimum absolute atomic E-state index is 0.0252. The van der Waals surface area contributed by atoms with Crippen molar-refractivity contribution in [3.05, 3.63) is 27.4 Å². The van der Waals surface area contributed by atoms with Gasteiger partial charge in [0.25, 0.3) is 5.56 Å². The van der Waals surface area contributed by atoms with E-state index in [1.165, 1.54) is 0 Å². The van der Waals surface area contributed by atoms with Gasteiger partial charge in [-0.25, -0.2) is 4.98 Å². The maximum Gasteiger partial charge on any atom is 0.254 e. The van der Waals surface area contributed by atoms with Gasteiger partial charge in [0.05, 0.1) is 0 Å². The first-order chi connectivity index (χ1) is 7.54. The summed E-state index contributed by atoms with van der Waals surface area (Å²) in [5, 5.41) is 8.83. The van der Waals surface area contributed by atoms with Crippen LogP contribution in [-0.2, 0) is 12.8 Å². The molecule has 1 aromatic heterocycles. The van der Waals surface area contributed by atoms with Crippen LogP contribution in [-0.4, -0.2) is 47.2 Å². The minimum atomic E-state index is -0.129. The summed E-state index contributed by atoms with van der Waals surface area (Å²) in [6.45, 7) is 2.63. The summed E-state index contributed by atoms with van der Waals surface area (Å²) in [4.78, 5) is 20.8. The zero-order valence-corrected chi connectivity index (χ0v) is 10.1. The van der Waals surface area contributed by atoms with Crippen molar-refractivity contribution in [2.75, 3.05) is 27.2 Å². The van der Waals surface area contributed by atoms with Crippen molar-refractivity contribution in [2.24, 2.45) is 0 Å². The number of hydrogen-bond acceptors (Lipinski definition) is 4. The first-order valence-corrected chi connectivity index (χ1v) is 5.39. The summed E-state index contributed by atoms with van der Waals surface area (Å²) < 4.78 is 0. The van der Waals surface area contributed by atoms with Crippen molar-refractivity contribution in [2.45, 2.75) is 19.8 Å². The van der Waals surface area contributed by atoms with Crippen molar-refractivity contribution in [1.29, 1.82) is 0 Å². The number of aromatic amines is 1. The van der Waals surface area contributed by atoms with Crippen LogP contribution < -0.4 is 5.56 Å². The molecule has 1 aromatic rings. The lowest BCUT2D eigenvalue weighted by molar-refractivity contribution is 0.298. The van der Waals surface area contributed by atoms with Crippen molar-refractivity contribution in [3.8, 4) is 0 Å². The Balaban J connectivity index is 2.87. The molecule has 0 aromatic carbocycles. The number of rotatable bonds is 5. The summed E-state index contributed by atoms with van der Waals surface area (Å²) >= 11 is 0. The molecule has 0 saturated heterocycles. The van der Waals surface area contributed by atoms with Crippen LogP contribution in [0.4, 0.5) is 0 Å². The number of hydrogen-bond donors (Lipinski definition) is 2. The van der Waals surface area contributed by atoms with Crippen LogP contribution in [0.15, 0.2) is 4.79 Å². The van der Waals surface area contributed by atoms with Crippen LogP contribution in [0.3, 0.4) is 0 Å². The fraction of sp³-hybridized carbons (Fsp3) is 0.636. The molecular formula is C11H19N3O2. The van der Waals surface area contributed by atoms with E-state index in [1.54, 1.807) is 6.92 Å². The number of aliphatic hydroxyl groups is 1. The molecular weight excluding hydrogens is 206 g/mol. The van der Waals surface area contributed by atoms with Crippen molar-refractivity contribution < 1.29 is 5.11 Å². The number of nitrogens with zero attached hydrogens (tertiary/aromatic N) is 2. The first-order valence-electron chi connectivity index (χ1n) is 5.39. The highest BCUT2D eigenvalue weighted by Crippen LogP contribution is 2.00. The number of nitrogens with one attached hydrogen (secondary N) is 1. The predicted molar refractivity (Wildman–Crippen MR) is 62.6 cm³/mol. The molecule has 1 rings (SSSR count). The number of aromatic nitrogens is 2. The second-order valence-corrected chi connectivity index (χ2v) is 4.10. The van der Waals surface area contributed by atoms with Crippen molar-refractivity contribution in [1.82, 2.24) is 14.9 Å². The molecule has 5 nitrogen and oxygen atoms in total. The van der Waals surface area contributed by atoms with Crippen LogP contribution in [0.2, 0.25) is 0 Å². The number of aliphatic hydroxyl groups excluding tert-OH is 1. The predicted octanol–water partition coefficient (Wildman–Crippen LogP) is -0.283. The molecule has 16 heavy (non-hydrogen) atoms. The smallest absolute Gasteiger partial charge is 0.254 e. The Hall–Kier alpha value is -1.20. The van der Waals surface area contributed by atoms with Crippen LogP contribution in [0, 0.1) is 6.92 Å². The Morgan fingerprint density at radius 1 is 1.38 bits per heavy atom. The highest BCUT2D eigenvalue weighted by atomic mass is 16.3. The Morgan fingerprint density at radius 2 is 2.06 bits per heavy atom. The molecule has 0 amide bonds. The molecule has 90 valence electrons. The minimum Gasteiger partial charge on any atom is -0.396 e. The van der Waals surface area contributed by atoms with Gasteiger partial charge >= 0.3 is 0 Å². The maximum absolute atomic E-state index is 11.7. The lowest BCUT2D eigenvalue weighted by Gasteiger charge is -2.10. The number of likely N-dealkylation sites (N-methyl/N-ethyl adjacent to an activating group) is 1. The molecule has 0 aliphatic carbocycles. The van der Waals surface area contributed by atoms with E-state index >= 15 is 0 Å². The summed E-state index contributed by atoms with van der Waals surface area (Å²) in [6, 6.07) is 0. The highest BCUT2D eigenvalue weighted by molar-refractivity contribution is 5.16. The van der Waals surface area contributed by atoms with Gasteiger partial charge in [-0.3, -0.25) is 4.79 Å². The fourth-order valence-corrected chi connectivity index (χ4v) is 1.52. The van der Waals surface area contributed by atoms with Gasteiger partial charge in [-0.2, -0.15) is 0 Å². The second kappa shape index (κ2) is 5.77. The van der Waals surface area contributed by atoms with Crippen molar-refractivity contribution in [3.63, 3.8) is 0 Å². The van der Waals surface area contributed by atoms with E-state index < -0.39 is 0 Å². The summed E-state index contributed by atoms with van der Waals surface area (Å²) in [7, 11) is 3.95. The van der Waals surface area contributed by atoms with Crippen molar-refractivity contribution >= 4 is 0 Å². The average molecular weight is 225 g/mol. The number of aryl methyl sites for hydroxylation is 1. The van der Waals surface area contributed by atoms with Gasteiger partial charge in [0.2, 0.25) is 0 Å². The molecule has 2 N–H and O–H groups in total. The van der Waals surface area contributed by atoms with Crippen LogP contribution in [0.25, 0.3) is 0 Å². The molecule has 5 heteroatoms. The van der Waals surface area contributed by atoms with Crippen LogP contribution >= 0.6 is 0 Å². The Morgan fingerprint density at radius 3 is 2.56 bits per heavy atom. The zero-order valence-electron chi connectivity index (χ0n) is 10.1. The molecule has 0 bridgehead atoms. The maximum atomic E-state index is 11.7. The lowest BCUT2D eigenvalue weighted by Crippen LogP contribution is -2.23. The molecule has 0 fully saturated rings. The van der Waals surface area contributed by atoms with E-state index in [1.807, 2.05) is 19.0 Å². The molecule has 1 heterocycles. The second-order valence-electron chi connectivity index (χ2n) is 4.10. The highest BCUT2D eigenvalue weighted by Gasteiger charge is 2.07. The largest absolute Gasteiger partial charge is 0.396 e. The zero-order chi connectivity index (χ0) is 12.1. The van der Waals surface area contributed by atoms with Crippen LogP contribution in [0.1, 0.15) is 17.1 Å². The quantitative estimate of drug-likeness (QED) is 0.723. The standard InChI is InChI=1S/C11H19N3O2/c1-8-9(5-7-15)11(16)13-10(12-8)4-6-14(2)3/h15H,4-7H2,1-3H3,(H,12,13,16). The van der Waals surface area contributed by atoms with E-state index in [4.69, 9.17) is 5.11 Å². The third-order valence-corrected chi connectivity index (χ3v) is 2.43. The Labute approximate surface area is 95.1 Å². The van der Waals surface area contributed by atoms with E-state index in [0.29, 0.717) is 23.5 Å². The monoisotopic (exact) mass is 225 g/mol. The normalized spacial score (nSPS) is 11.1. The molecule has 0 aliphatic rings. The van der Waals surface area contributed by atoms with Gasteiger partial charge < -0.3 is 15.0 Å². The summed E-state index contributed by atoms with van der Waals surface area (Å²) in [5.74, 6) is 0.706. The molecule has 0 saturated carbocycles. The van der Waals surface area contributed by atoms with Gasteiger partial charge in [0, 0.05) is 37.3 Å². The Bertz CT molecular complexity index is 399. The van der Waals surface area contributed by atoms with Gasteiger partial charge in [-0.15, -0.1) is 0 Å². The van der Waals surface area contributed by atoms with E-state index in [9.17, 15) is 4.79 Å². The third-order valence-electron chi connectivity index (χ3n) is 2.43. The fourth-order valence-electron chi connectivity index (χ4n) is 1.52. The SMILES string of the molecule is Cc1nc(CCN(C)C)[nH]c(=O)c1CCO. The summed E-state index contributed by atoms with van der Waals surface area (Å²) in [6.07, 6.45) is 1.09. The average Bonchev–Trinajstić information content (AvgIpc) is 2.20. The van der Waals surface area contributed by atoms with Crippen LogP contribution in [0.5, 0.6) is 0 Å². The van der Waals surface area contributed by atoms with Gasteiger partial charge in [0.15, 0.2) is 0 Å². The molecule has 0 unspecified atom stereocenters.